The molecule has 0 aromatic heterocycles. The summed E-state index contributed by atoms with van der Waals surface area (Å²) in [6.07, 6.45) is 0.190. The lowest BCUT2D eigenvalue weighted by Gasteiger charge is -2.26. The molecule has 0 atom stereocenters. The first kappa shape index (κ1) is 17.5. The second-order valence-electron chi connectivity index (χ2n) is 4.75. The van der Waals surface area contributed by atoms with Crippen molar-refractivity contribution in [2.45, 2.75) is 33.2 Å². The van der Waals surface area contributed by atoms with Gasteiger partial charge in [-0.25, -0.2) is 4.79 Å². The van der Waals surface area contributed by atoms with Crippen LogP contribution in [0.2, 0.25) is 0 Å². The van der Waals surface area contributed by atoms with Crippen molar-refractivity contribution in [1.82, 2.24) is 4.90 Å². The number of urea groups is 1. The van der Waals surface area contributed by atoms with E-state index in [9.17, 15) is 9.59 Å². The zero-order valence-electron chi connectivity index (χ0n) is 12.6. The van der Waals surface area contributed by atoms with Crippen molar-refractivity contribution in [3.8, 4) is 0 Å². The quantitative estimate of drug-likeness (QED) is 0.791. The highest BCUT2D eigenvalue weighted by molar-refractivity contribution is 9.10. The highest BCUT2D eigenvalue weighted by Crippen LogP contribution is 2.21. The summed E-state index contributed by atoms with van der Waals surface area (Å²) in [5.74, 6) is -0.295. The first-order chi connectivity index (χ1) is 9.95. The molecule has 2 amide bonds. The number of para-hydroxylation sites is 1. The monoisotopic (exact) mass is 356 g/mol. The molecule has 0 heterocycles. The second-order valence-corrected chi connectivity index (χ2v) is 5.61. The maximum absolute atomic E-state index is 12.3. The van der Waals surface area contributed by atoms with E-state index in [0.29, 0.717) is 18.8 Å². The maximum Gasteiger partial charge on any atom is 0.322 e. The lowest BCUT2D eigenvalue weighted by Crippen LogP contribution is -2.41. The average Bonchev–Trinajstić information content (AvgIpc) is 2.41. The number of anilines is 1. The summed E-state index contributed by atoms with van der Waals surface area (Å²) in [4.78, 5) is 25.3. The summed E-state index contributed by atoms with van der Waals surface area (Å²) >= 11 is 3.39. The van der Waals surface area contributed by atoms with Crippen LogP contribution in [0, 0.1) is 0 Å². The molecule has 1 aromatic rings. The van der Waals surface area contributed by atoms with Gasteiger partial charge in [0.05, 0.1) is 18.7 Å². The molecule has 21 heavy (non-hydrogen) atoms. The molecule has 0 radical (unpaired) electrons. The van der Waals surface area contributed by atoms with Crippen LogP contribution >= 0.6 is 15.9 Å². The van der Waals surface area contributed by atoms with Crippen LogP contribution < -0.4 is 5.32 Å². The van der Waals surface area contributed by atoms with Crippen LogP contribution in [0.5, 0.6) is 0 Å². The third kappa shape index (κ3) is 5.75. The van der Waals surface area contributed by atoms with Crippen LogP contribution in [0.15, 0.2) is 28.7 Å². The van der Waals surface area contributed by atoms with Gasteiger partial charge in [0.25, 0.3) is 0 Å². The summed E-state index contributed by atoms with van der Waals surface area (Å²) in [5, 5.41) is 2.84. The Morgan fingerprint density at radius 1 is 1.33 bits per heavy atom. The normalized spacial score (nSPS) is 10.3. The first-order valence-corrected chi connectivity index (χ1v) is 7.72. The molecular weight excluding hydrogens is 336 g/mol. The second kappa shape index (κ2) is 8.67. The smallest absolute Gasteiger partial charge is 0.322 e. The lowest BCUT2D eigenvalue weighted by atomic mass is 10.3. The van der Waals surface area contributed by atoms with Crippen molar-refractivity contribution in [3.05, 3.63) is 28.7 Å². The average molecular weight is 357 g/mol. The molecule has 0 fully saturated rings. The Bertz CT molecular complexity index is 492. The first-order valence-electron chi connectivity index (χ1n) is 6.93. The lowest BCUT2D eigenvalue weighted by molar-refractivity contribution is -0.143. The minimum atomic E-state index is -0.295. The van der Waals surface area contributed by atoms with Gasteiger partial charge in [0.15, 0.2) is 0 Å². The minimum Gasteiger partial charge on any atom is -0.466 e. The largest absolute Gasteiger partial charge is 0.466 e. The Morgan fingerprint density at radius 2 is 2.00 bits per heavy atom. The predicted octanol–water partition coefficient (Wildman–Crippen LogP) is 3.64. The molecule has 0 unspecified atom stereocenters. The van der Waals surface area contributed by atoms with E-state index in [0.717, 1.165) is 4.47 Å². The van der Waals surface area contributed by atoms with Gasteiger partial charge in [0.2, 0.25) is 0 Å². The molecular formula is C15H21BrN2O3. The number of benzene rings is 1. The number of amides is 2. The van der Waals surface area contributed by atoms with Gasteiger partial charge in [-0.15, -0.1) is 0 Å². The molecule has 5 nitrogen and oxygen atoms in total. The molecule has 0 bridgehead atoms. The molecule has 6 heteroatoms. The number of hydrogen-bond donors (Lipinski definition) is 1. The Kier molecular flexibility index (Phi) is 7.22. The highest BCUT2D eigenvalue weighted by Gasteiger charge is 2.19. The number of nitrogens with one attached hydrogen (secondary N) is 1. The fourth-order valence-electron chi connectivity index (χ4n) is 1.79. The standard InChI is InChI=1S/C15H21BrN2O3/c1-4-21-14(19)9-10-18(11(2)3)15(20)17-13-8-6-5-7-12(13)16/h5-8,11H,4,9-10H2,1-3H3,(H,17,20). The molecule has 1 N–H and O–H groups in total. The molecule has 0 aliphatic carbocycles. The number of carbonyl (C=O) groups excluding carboxylic acids is 2. The van der Waals surface area contributed by atoms with E-state index in [1.54, 1.807) is 11.8 Å². The fraction of sp³-hybridized carbons (Fsp3) is 0.467. The van der Waals surface area contributed by atoms with Gasteiger partial charge in [-0.05, 0) is 48.8 Å². The van der Waals surface area contributed by atoms with Crippen molar-refractivity contribution < 1.29 is 14.3 Å². The van der Waals surface area contributed by atoms with E-state index in [-0.39, 0.29) is 24.5 Å². The van der Waals surface area contributed by atoms with E-state index in [4.69, 9.17) is 4.74 Å². The SMILES string of the molecule is CCOC(=O)CCN(C(=O)Nc1ccccc1Br)C(C)C. The van der Waals surface area contributed by atoms with E-state index in [2.05, 4.69) is 21.2 Å². The minimum absolute atomic E-state index is 0.0121. The van der Waals surface area contributed by atoms with Crippen LogP contribution in [-0.4, -0.2) is 36.1 Å². The molecule has 0 saturated heterocycles. The van der Waals surface area contributed by atoms with Crippen molar-refractivity contribution >= 4 is 33.6 Å². The van der Waals surface area contributed by atoms with Crippen LogP contribution in [0.1, 0.15) is 27.2 Å². The van der Waals surface area contributed by atoms with E-state index >= 15 is 0 Å². The van der Waals surface area contributed by atoms with Crippen LogP contribution in [0.4, 0.5) is 10.5 Å². The molecule has 0 spiro atoms. The number of esters is 1. The van der Waals surface area contributed by atoms with Gasteiger partial charge >= 0.3 is 12.0 Å². The summed E-state index contributed by atoms with van der Waals surface area (Å²) < 4.78 is 5.70. The maximum atomic E-state index is 12.3. The molecule has 1 rings (SSSR count). The van der Waals surface area contributed by atoms with Gasteiger partial charge in [0.1, 0.15) is 0 Å². The Balaban J connectivity index is 2.66. The van der Waals surface area contributed by atoms with Crippen molar-refractivity contribution in [3.63, 3.8) is 0 Å². The van der Waals surface area contributed by atoms with Gasteiger partial charge in [-0.3, -0.25) is 4.79 Å². The Morgan fingerprint density at radius 3 is 2.57 bits per heavy atom. The van der Waals surface area contributed by atoms with Crippen LogP contribution in [0.25, 0.3) is 0 Å². The van der Waals surface area contributed by atoms with Gasteiger partial charge in [0, 0.05) is 17.1 Å². The van der Waals surface area contributed by atoms with Crippen molar-refractivity contribution in [2.75, 3.05) is 18.5 Å². The van der Waals surface area contributed by atoms with E-state index in [1.807, 2.05) is 38.1 Å². The third-order valence-electron chi connectivity index (χ3n) is 2.86. The number of rotatable bonds is 6. The number of nitrogens with zero attached hydrogens (tertiary/aromatic N) is 1. The van der Waals surface area contributed by atoms with E-state index < -0.39 is 0 Å². The highest BCUT2D eigenvalue weighted by atomic mass is 79.9. The number of ether oxygens (including phenoxy) is 1. The summed E-state index contributed by atoms with van der Waals surface area (Å²) in [6.45, 7) is 6.25. The molecule has 0 saturated carbocycles. The predicted molar refractivity (Wildman–Crippen MR) is 86.3 cm³/mol. The topological polar surface area (TPSA) is 58.6 Å². The summed E-state index contributed by atoms with van der Waals surface area (Å²) in [5.41, 5.74) is 0.698. The van der Waals surface area contributed by atoms with Gasteiger partial charge in [-0.1, -0.05) is 12.1 Å². The molecule has 116 valence electrons. The Labute approximate surface area is 133 Å². The Hall–Kier alpha value is -1.56. The zero-order valence-corrected chi connectivity index (χ0v) is 14.1. The summed E-state index contributed by atoms with van der Waals surface area (Å²) in [6, 6.07) is 7.14. The summed E-state index contributed by atoms with van der Waals surface area (Å²) in [7, 11) is 0. The molecule has 0 aliphatic heterocycles. The number of halogens is 1. The van der Waals surface area contributed by atoms with Crippen LogP contribution in [-0.2, 0) is 9.53 Å². The van der Waals surface area contributed by atoms with Crippen LogP contribution in [0.3, 0.4) is 0 Å². The fourth-order valence-corrected chi connectivity index (χ4v) is 2.17. The molecule has 1 aromatic carbocycles. The van der Waals surface area contributed by atoms with Gasteiger partial charge < -0.3 is 15.0 Å². The third-order valence-corrected chi connectivity index (χ3v) is 3.55. The molecule has 0 aliphatic rings. The zero-order chi connectivity index (χ0) is 15.8. The van der Waals surface area contributed by atoms with Crippen molar-refractivity contribution in [1.29, 1.82) is 0 Å². The van der Waals surface area contributed by atoms with E-state index in [1.165, 1.54) is 0 Å². The van der Waals surface area contributed by atoms with Gasteiger partial charge in [-0.2, -0.15) is 0 Å². The number of carbonyl (C=O) groups is 2. The van der Waals surface area contributed by atoms with Crippen molar-refractivity contribution in [2.24, 2.45) is 0 Å². The number of hydrogen-bond acceptors (Lipinski definition) is 3.